The molecule has 8 nitrogen and oxygen atoms in total. The third-order valence-corrected chi connectivity index (χ3v) is 5.98. The molecule has 0 atom stereocenters. The molecule has 0 unspecified atom stereocenters. The molecular formula is C24H21N3O5S. The molecule has 2 heterocycles. The summed E-state index contributed by atoms with van der Waals surface area (Å²) in [6.45, 7) is 3.60. The maximum Gasteiger partial charge on any atom is 0.338 e. The second-order valence-corrected chi connectivity index (χ2v) is 8.15. The minimum atomic E-state index is -0.669. The van der Waals surface area contributed by atoms with Crippen molar-refractivity contribution in [3.05, 3.63) is 77.7 Å². The van der Waals surface area contributed by atoms with Crippen LogP contribution in [0.2, 0.25) is 0 Å². The van der Waals surface area contributed by atoms with Gasteiger partial charge in [-0.3, -0.25) is 14.5 Å². The Morgan fingerprint density at radius 3 is 2.67 bits per heavy atom. The number of hydrogen-bond acceptors (Lipinski definition) is 7. The number of likely N-dealkylation sites (N-methyl/N-ethyl adjacent to an activating group) is 1. The van der Waals surface area contributed by atoms with Gasteiger partial charge in [0.15, 0.2) is 17.5 Å². The summed E-state index contributed by atoms with van der Waals surface area (Å²) in [5.41, 5.74) is 2.23. The van der Waals surface area contributed by atoms with Crippen molar-refractivity contribution < 1.29 is 23.5 Å². The van der Waals surface area contributed by atoms with Crippen molar-refractivity contribution in [3.63, 3.8) is 0 Å². The van der Waals surface area contributed by atoms with Gasteiger partial charge in [-0.05, 0) is 55.8 Å². The highest BCUT2D eigenvalue weighted by atomic mass is 32.1. The molecule has 4 aromatic rings. The van der Waals surface area contributed by atoms with E-state index in [1.165, 1.54) is 28.6 Å². The van der Waals surface area contributed by atoms with E-state index in [-0.39, 0.29) is 17.2 Å². The van der Waals surface area contributed by atoms with E-state index < -0.39 is 18.5 Å². The number of amides is 2. The Kier molecular flexibility index (Phi) is 6.50. The number of thiazole rings is 1. The molecule has 9 heteroatoms. The molecule has 0 fully saturated rings. The summed E-state index contributed by atoms with van der Waals surface area (Å²) in [7, 11) is 0. The number of para-hydroxylation sites is 1. The second-order valence-electron chi connectivity index (χ2n) is 7.14. The molecule has 2 aromatic heterocycles. The number of ether oxygens (including phenoxy) is 1. The van der Waals surface area contributed by atoms with Crippen LogP contribution in [0.5, 0.6) is 0 Å². The first-order valence-electron chi connectivity index (χ1n) is 10.2. The van der Waals surface area contributed by atoms with Crippen molar-refractivity contribution in [2.45, 2.75) is 13.8 Å². The van der Waals surface area contributed by atoms with Crippen LogP contribution in [0.4, 0.5) is 10.8 Å². The van der Waals surface area contributed by atoms with E-state index in [0.29, 0.717) is 17.4 Å². The maximum absolute atomic E-state index is 12.7. The van der Waals surface area contributed by atoms with Crippen molar-refractivity contribution in [2.24, 2.45) is 0 Å². The van der Waals surface area contributed by atoms with Crippen LogP contribution in [-0.4, -0.2) is 35.9 Å². The SMILES string of the molecule is CCN(C(=O)COC(=O)c1ccc(C)c(NC(=O)c2ccco2)c1)c1nc2ccccc2s1. The standard InChI is InChI=1S/C24H21N3O5S/c1-3-27(24-26-17-7-4-5-9-20(17)33-24)21(28)14-32-23(30)16-11-10-15(2)18(13-16)25-22(29)19-8-6-12-31-19/h4-13H,3,14H2,1-2H3,(H,25,29). The highest BCUT2D eigenvalue weighted by Crippen LogP contribution is 2.28. The van der Waals surface area contributed by atoms with Gasteiger partial charge in [-0.25, -0.2) is 9.78 Å². The minimum Gasteiger partial charge on any atom is -0.459 e. The monoisotopic (exact) mass is 463 g/mol. The lowest BCUT2D eigenvalue weighted by Gasteiger charge is -2.17. The molecule has 0 radical (unpaired) electrons. The number of nitrogens with one attached hydrogen (secondary N) is 1. The number of hydrogen-bond donors (Lipinski definition) is 1. The van der Waals surface area contributed by atoms with Gasteiger partial charge >= 0.3 is 5.97 Å². The van der Waals surface area contributed by atoms with E-state index in [9.17, 15) is 14.4 Å². The Morgan fingerprint density at radius 1 is 1.12 bits per heavy atom. The van der Waals surface area contributed by atoms with Gasteiger partial charge < -0.3 is 14.5 Å². The van der Waals surface area contributed by atoms with Crippen LogP contribution in [-0.2, 0) is 9.53 Å². The Hall–Kier alpha value is -3.98. The van der Waals surface area contributed by atoms with Crippen LogP contribution in [0.3, 0.4) is 0 Å². The molecule has 0 saturated carbocycles. The van der Waals surface area contributed by atoms with Crippen molar-refractivity contribution in [1.29, 1.82) is 0 Å². The van der Waals surface area contributed by atoms with E-state index in [0.717, 1.165) is 15.8 Å². The zero-order valence-corrected chi connectivity index (χ0v) is 18.8. The van der Waals surface area contributed by atoms with Crippen molar-refractivity contribution in [3.8, 4) is 0 Å². The van der Waals surface area contributed by atoms with Crippen LogP contribution in [0.25, 0.3) is 10.2 Å². The largest absolute Gasteiger partial charge is 0.459 e. The summed E-state index contributed by atoms with van der Waals surface area (Å²) in [6.07, 6.45) is 1.40. The topological polar surface area (TPSA) is 102 Å². The number of fused-ring (bicyclic) bond motifs is 1. The smallest absolute Gasteiger partial charge is 0.338 e. The van der Waals surface area contributed by atoms with E-state index in [1.54, 1.807) is 31.2 Å². The molecule has 2 aromatic carbocycles. The molecule has 0 bridgehead atoms. The van der Waals surface area contributed by atoms with Crippen LogP contribution >= 0.6 is 11.3 Å². The molecule has 0 spiro atoms. The molecular weight excluding hydrogens is 442 g/mol. The predicted molar refractivity (Wildman–Crippen MR) is 126 cm³/mol. The highest BCUT2D eigenvalue weighted by Gasteiger charge is 2.20. The molecule has 33 heavy (non-hydrogen) atoms. The molecule has 168 valence electrons. The quantitative estimate of drug-likeness (QED) is 0.400. The molecule has 0 saturated heterocycles. The normalized spacial score (nSPS) is 10.7. The number of nitrogens with zero attached hydrogens (tertiary/aromatic N) is 2. The van der Waals surface area contributed by atoms with Gasteiger partial charge in [0.05, 0.1) is 22.0 Å². The van der Waals surface area contributed by atoms with Gasteiger partial charge in [-0.15, -0.1) is 0 Å². The molecule has 2 amide bonds. The summed E-state index contributed by atoms with van der Waals surface area (Å²) >= 11 is 1.40. The van der Waals surface area contributed by atoms with Crippen molar-refractivity contribution >= 4 is 50.2 Å². The zero-order chi connectivity index (χ0) is 23.4. The minimum absolute atomic E-state index is 0.155. The van der Waals surface area contributed by atoms with Gasteiger partial charge in [0, 0.05) is 12.2 Å². The Balaban J connectivity index is 1.42. The van der Waals surface area contributed by atoms with E-state index in [2.05, 4.69) is 10.3 Å². The lowest BCUT2D eigenvalue weighted by molar-refractivity contribution is -0.121. The van der Waals surface area contributed by atoms with Crippen LogP contribution in [0.15, 0.2) is 65.3 Å². The average Bonchev–Trinajstić information content (AvgIpc) is 3.49. The van der Waals surface area contributed by atoms with E-state index >= 15 is 0 Å². The number of benzene rings is 2. The van der Waals surface area contributed by atoms with Gasteiger partial charge in [-0.2, -0.15) is 0 Å². The van der Waals surface area contributed by atoms with Crippen LogP contribution in [0.1, 0.15) is 33.4 Å². The fourth-order valence-corrected chi connectivity index (χ4v) is 4.20. The molecule has 1 N–H and O–H groups in total. The van der Waals surface area contributed by atoms with E-state index in [1.807, 2.05) is 31.2 Å². The van der Waals surface area contributed by atoms with Crippen LogP contribution < -0.4 is 10.2 Å². The van der Waals surface area contributed by atoms with Crippen molar-refractivity contribution in [1.82, 2.24) is 4.98 Å². The Bertz CT molecular complexity index is 1280. The number of anilines is 2. The number of aromatic nitrogens is 1. The molecule has 0 aliphatic carbocycles. The van der Waals surface area contributed by atoms with Gasteiger partial charge in [0.1, 0.15) is 0 Å². The maximum atomic E-state index is 12.7. The van der Waals surface area contributed by atoms with Crippen LogP contribution in [0, 0.1) is 6.92 Å². The summed E-state index contributed by atoms with van der Waals surface area (Å²) in [5, 5.41) is 3.27. The number of aryl methyl sites for hydroxylation is 1. The second kappa shape index (κ2) is 9.66. The lowest BCUT2D eigenvalue weighted by atomic mass is 10.1. The summed E-state index contributed by atoms with van der Waals surface area (Å²) in [4.78, 5) is 43.5. The molecule has 4 rings (SSSR count). The first-order valence-corrected chi connectivity index (χ1v) is 11.1. The Labute approximate surface area is 193 Å². The highest BCUT2D eigenvalue weighted by molar-refractivity contribution is 7.22. The Morgan fingerprint density at radius 2 is 1.94 bits per heavy atom. The average molecular weight is 464 g/mol. The fourth-order valence-electron chi connectivity index (χ4n) is 3.16. The first-order chi connectivity index (χ1) is 16.0. The number of rotatable bonds is 7. The van der Waals surface area contributed by atoms with Crippen molar-refractivity contribution in [2.75, 3.05) is 23.4 Å². The zero-order valence-electron chi connectivity index (χ0n) is 18.0. The number of carbonyl (C=O) groups excluding carboxylic acids is 3. The van der Waals surface area contributed by atoms with Gasteiger partial charge in [-0.1, -0.05) is 29.5 Å². The number of carbonyl (C=O) groups is 3. The third-order valence-electron chi connectivity index (χ3n) is 4.92. The third kappa shape index (κ3) is 4.93. The summed E-state index contributed by atoms with van der Waals surface area (Å²) in [5.74, 6) is -1.32. The summed E-state index contributed by atoms with van der Waals surface area (Å²) < 4.78 is 11.3. The number of furan rings is 1. The predicted octanol–water partition coefficient (Wildman–Crippen LogP) is 4.66. The molecule has 0 aliphatic rings. The van der Waals surface area contributed by atoms with E-state index in [4.69, 9.17) is 9.15 Å². The van der Waals surface area contributed by atoms with Gasteiger partial charge in [0.25, 0.3) is 11.8 Å². The fraction of sp³-hybridized carbons (Fsp3) is 0.167. The number of esters is 1. The lowest BCUT2D eigenvalue weighted by Crippen LogP contribution is -2.34. The van der Waals surface area contributed by atoms with Gasteiger partial charge in [0.2, 0.25) is 0 Å². The summed E-state index contributed by atoms with van der Waals surface area (Å²) in [6, 6.07) is 15.6. The molecule has 0 aliphatic heterocycles. The first kappa shape index (κ1) is 22.2.